The number of hydrogen-bond donors (Lipinski definition) is 1. The van der Waals surface area contributed by atoms with Gasteiger partial charge in [-0.3, -0.25) is 4.21 Å². The van der Waals surface area contributed by atoms with Gasteiger partial charge in [-0.1, -0.05) is 6.92 Å². The zero-order valence-electron chi connectivity index (χ0n) is 12.6. The van der Waals surface area contributed by atoms with E-state index in [4.69, 9.17) is 4.98 Å². The van der Waals surface area contributed by atoms with Gasteiger partial charge in [0.05, 0.1) is 0 Å². The van der Waals surface area contributed by atoms with Crippen molar-refractivity contribution in [1.82, 2.24) is 9.97 Å². The third kappa shape index (κ3) is 3.48. The van der Waals surface area contributed by atoms with Gasteiger partial charge in [-0.2, -0.15) is 0 Å². The van der Waals surface area contributed by atoms with Gasteiger partial charge in [-0.15, -0.1) is 0 Å². The van der Waals surface area contributed by atoms with E-state index in [9.17, 15) is 4.21 Å². The summed E-state index contributed by atoms with van der Waals surface area (Å²) in [6, 6.07) is 0. The number of nitrogens with one attached hydrogen (secondary N) is 1. The molecular formula is C14H24N4OS. The lowest BCUT2D eigenvalue weighted by Crippen LogP contribution is -2.39. The fourth-order valence-electron chi connectivity index (χ4n) is 2.38. The number of aromatic nitrogens is 2. The van der Waals surface area contributed by atoms with Crippen LogP contribution in [0.2, 0.25) is 0 Å². The molecule has 1 saturated heterocycles. The van der Waals surface area contributed by atoms with Crippen LogP contribution in [0.3, 0.4) is 0 Å². The van der Waals surface area contributed by atoms with Crippen molar-refractivity contribution in [2.75, 3.05) is 41.4 Å². The van der Waals surface area contributed by atoms with Gasteiger partial charge >= 0.3 is 0 Å². The van der Waals surface area contributed by atoms with Gasteiger partial charge in [0.1, 0.15) is 17.5 Å². The molecule has 0 saturated carbocycles. The zero-order valence-corrected chi connectivity index (χ0v) is 13.4. The number of hydrogen-bond acceptors (Lipinski definition) is 5. The lowest BCUT2D eigenvalue weighted by atomic mass is 10.2. The molecular weight excluding hydrogens is 272 g/mol. The first-order chi connectivity index (χ1) is 9.65. The molecule has 0 aliphatic carbocycles. The Bertz CT molecular complexity index is 482. The smallest absolute Gasteiger partial charge is 0.137 e. The van der Waals surface area contributed by atoms with Crippen LogP contribution in [-0.2, 0) is 17.2 Å². The van der Waals surface area contributed by atoms with Crippen molar-refractivity contribution >= 4 is 22.4 Å². The second-order valence-corrected chi connectivity index (χ2v) is 6.75. The predicted octanol–water partition coefficient (Wildman–Crippen LogP) is 1.74. The molecule has 1 fully saturated rings. The maximum absolute atomic E-state index is 11.5. The Morgan fingerprint density at radius 2 is 1.95 bits per heavy atom. The molecule has 0 spiro atoms. The third-order valence-corrected chi connectivity index (χ3v) is 4.74. The molecule has 1 aromatic heterocycles. The topological polar surface area (TPSA) is 58.1 Å². The van der Waals surface area contributed by atoms with Crippen molar-refractivity contribution in [1.29, 1.82) is 0 Å². The lowest BCUT2D eigenvalue weighted by molar-refractivity contribution is 0.671. The summed E-state index contributed by atoms with van der Waals surface area (Å²) < 4.78 is 11.5. The monoisotopic (exact) mass is 296 g/mol. The standard InChI is InChI=1S/C14H24N4OS/c1-4-6-12-16-13(15-5-2)11(3)14(17-12)18-7-9-20(19)10-8-18/h4-10H2,1-3H3,(H,15,16,17). The molecule has 5 nitrogen and oxygen atoms in total. The van der Waals surface area contributed by atoms with Crippen LogP contribution in [0.1, 0.15) is 31.7 Å². The van der Waals surface area contributed by atoms with E-state index in [2.05, 4.69) is 36.0 Å². The minimum atomic E-state index is -0.659. The summed E-state index contributed by atoms with van der Waals surface area (Å²) in [4.78, 5) is 11.6. The Morgan fingerprint density at radius 3 is 2.55 bits per heavy atom. The highest BCUT2D eigenvalue weighted by Crippen LogP contribution is 2.25. The van der Waals surface area contributed by atoms with Crippen LogP contribution < -0.4 is 10.2 Å². The van der Waals surface area contributed by atoms with Crippen LogP contribution in [0.25, 0.3) is 0 Å². The Morgan fingerprint density at radius 1 is 1.25 bits per heavy atom. The van der Waals surface area contributed by atoms with Crippen LogP contribution in [0, 0.1) is 6.92 Å². The average molecular weight is 296 g/mol. The molecule has 0 aromatic carbocycles. The summed E-state index contributed by atoms with van der Waals surface area (Å²) in [7, 11) is -0.659. The normalized spacial score (nSPS) is 16.4. The van der Waals surface area contributed by atoms with Crippen LogP contribution in [0.5, 0.6) is 0 Å². The molecule has 0 unspecified atom stereocenters. The summed E-state index contributed by atoms with van der Waals surface area (Å²) in [6.45, 7) is 8.77. The second kappa shape index (κ2) is 7.02. The molecule has 0 amide bonds. The Hall–Kier alpha value is -1.17. The van der Waals surface area contributed by atoms with Crippen molar-refractivity contribution in [2.45, 2.75) is 33.6 Å². The zero-order chi connectivity index (χ0) is 14.5. The molecule has 0 atom stereocenters. The van der Waals surface area contributed by atoms with Gasteiger partial charge in [0.2, 0.25) is 0 Å². The second-order valence-electron chi connectivity index (χ2n) is 5.05. The summed E-state index contributed by atoms with van der Waals surface area (Å²) >= 11 is 0. The summed E-state index contributed by atoms with van der Waals surface area (Å²) in [5.41, 5.74) is 1.10. The van der Waals surface area contributed by atoms with Crippen LogP contribution in [0.15, 0.2) is 0 Å². The van der Waals surface area contributed by atoms with Crippen molar-refractivity contribution in [3.63, 3.8) is 0 Å². The van der Waals surface area contributed by atoms with E-state index in [-0.39, 0.29) is 0 Å². The van der Waals surface area contributed by atoms with Crippen LogP contribution in [0.4, 0.5) is 11.6 Å². The summed E-state index contributed by atoms with van der Waals surface area (Å²) in [6.07, 6.45) is 1.93. The minimum Gasteiger partial charge on any atom is -0.370 e. The number of nitrogens with zero attached hydrogens (tertiary/aromatic N) is 3. The number of anilines is 2. The first kappa shape index (κ1) is 15.2. The first-order valence-electron chi connectivity index (χ1n) is 7.37. The molecule has 0 radical (unpaired) electrons. The SMILES string of the molecule is CCCc1nc(NCC)c(C)c(N2CCS(=O)CC2)n1. The van der Waals surface area contributed by atoms with E-state index in [1.54, 1.807) is 0 Å². The number of rotatable bonds is 5. The molecule has 1 aromatic rings. The highest BCUT2D eigenvalue weighted by Gasteiger charge is 2.20. The van der Waals surface area contributed by atoms with E-state index in [0.29, 0.717) is 0 Å². The Kier molecular flexibility index (Phi) is 5.34. The van der Waals surface area contributed by atoms with Gasteiger partial charge in [0.25, 0.3) is 0 Å². The van der Waals surface area contributed by atoms with Gasteiger partial charge in [-0.05, 0) is 20.3 Å². The molecule has 6 heteroatoms. The first-order valence-corrected chi connectivity index (χ1v) is 8.85. The maximum atomic E-state index is 11.5. The van der Waals surface area contributed by atoms with Gasteiger partial charge < -0.3 is 10.2 Å². The van der Waals surface area contributed by atoms with Crippen molar-refractivity contribution in [3.05, 3.63) is 11.4 Å². The maximum Gasteiger partial charge on any atom is 0.137 e. The van der Waals surface area contributed by atoms with Crippen molar-refractivity contribution in [2.24, 2.45) is 0 Å². The highest BCUT2D eigenvalue weighted by atomic mass is 32.2. The van der Waals surface area contributed by atoms with Gasteiger partial charge in [0.15, 0.2) is 0 Å². The van der Waals surface area contributed by atoms with Gasteiger partial charge in [0, 0.05) is 53.9 Å². The van der Waals surface area contributed by atoms with E-state index in [1.165, 1.54) is 0 Å². The van der Waals surface area contributed by atoms with Crippen LogP contribution >= 0.6 is 0 Å². The van der Waals surface area contributed by atoms with Gasteiger partial charge in [-0.25, -0.2) is 9.97 Å². The quantitative estimate of drug-likeness (QED) is 0.897. The third-order valence-electron chi connectivity index (χ3n) is 3.46. The fraction of sp³-hybridized carbons (Fsp3) is 0.714. The molecule has 0 bridgehead atoms. The molecule has 20 heavy (non-hydrogen) atoms. The Balaban J connectivity index is 2.31. The molecule has 1 N–H and O–H groups in total. The highest BCUT2D eigenvalue weighted by molar-refractivity contribution is 7.85. The van der Waals surface area contributed by atoms with E-state index < -0.39 is 10.8 Å². The van der Waals surface area contributed by atoms with E-state index in [0.717, 1.165) is 67.0 Å². The lowest BCUT2D eigenvalue weighted by Gasteiger charge is -2.29. The molecule has 1 aliphatic rings. The van der Waals surface area contributed by atoms with E-state index in [1.807, 2.05) is 0 Å². The molecule has 2 heterocycles. The summed E-state index contributed by atoms with van der Waals surface area (Å²) in [5, 5.41) is 3.33. The number of aryl methyl sites for hydroxylation is 1. The molecule has 1 aliphatic heterocycles. The molecule has 2 rings (SSSR count). The van der Waals surface area contributed by atoms with E-state index >= 15 is 0 Å². The average Bonchev–Trinajstić information content (AvgIpc) is 2.44. The fourth-order valence-corrected chi connectivity index (χ4v) is 3.43. The van der Waals surface area contributed by atoms with Crippen LogP contribution in [-0.4, -0.2) is 45.3 Å². The predicted molar refractivity (Wildman–Crippen MR) is 85.0 cm³/mol. The Labute approximate surface area is 123 Å². The molecule has 112 valence electrons. The largest absolute Gasteiger partial charge is 0.370 e. The summed E-state index contributed by atoms with van der Waals surface area (Å²) in [5.74, 6) is 4.33. The minimum absolute atomic E-state index is 0.659. The van der Waals surface area contributed by atoms with Crippen molar-refractivity contribution in [3.8, 4) is 0 Å². The van der Waals surface area contributed by atoms with Crippen molar-refractivity contribution < 1.29 is 4.21 Å².